The van der Waals surface area contributed by atoms with Crippen LogP contribution in [-0.4, -0.2) is 16.6 Å². The van der Waals surface area contributed by atoms with Crippen molar-refractivity contribution in [1.82, 2.24) is 0 Å². The van der Waals surface area contributed by atoms with Gasteiger partial charge < -0.3 is 5.11 Å². The van der Waals surface area contributed by atoms with Crippen molar-refractivity contribution < 1.29 is 9.90 Å². The molecule has 76 valence electrons. The van der Waals surface area contributed by atoms with Crippen molar-refractivity contribution in [2.75, 3.05) is 0 Å². The maximum atomic E-state index is 10.4. The van der Waals surface area contributed by atoms with Crippen molar-refractivity contribution >= 4 is 33.3 Å². The molecule has 0 aliphatic rings. The zero-order valence-electron chi connectivity index (χ0n) is 8.43. The van der Waals surface area contributed by atoms with Crippen molar-refractivity contribution in [2.45, 2.75) is 38.9 Å². The Balaban J connectivity index is 3.68. The lowest BCUT2D eigenvalue weighted by Crippen LogP contribution is -2.13. The Morgan fingerprint density at radius 1 is 1.54 bits per heavy atom. The Hall–Kier alpha value is 0.157. The topological polar surface area (TPSA) is 37.3 Å². The minimum Gasteiger partial charge on any atom is -0.478 e. The first-order valence-corrected chi connectivity index (χ1v) is 10.7. The molecule has 1 N–H and O–H groups in total. The van der Waals surface area contributed by atoms with Crippen LogP contribution in [0.3, 0.4) is 0 Å². The minimum atomic E-state index is -0.963. The van der Waals surface area contributed by atoms with Crippen LogP contribution in [0.5, 0.6) is 0 Å². The number of hydrogen-bond acceptors (Lipinski definition) is 1. The highest BCUT2D eigenvalue weighted by Crippen LogP contribution is 2.20. The van der Waals surface area contributed by atoms with E-state index in [1.165, 1.54) is 6.04 Å². The van der Waals surface area contributed by atoms with Crippen LogP contribution in [0.4, 0.5) is 0 Å². The monoisotopic (exact) mass is 312 g/mol. The highest BCUT2D eigenvalue weighted by atomic mass is 127. The SMILES string of the molecule is CC(=CCCC[Si](C)(C)I)C(=O)O. The molecular weight excluding hydrogens is 295 g/mol. The van der Waals surface area contributed by atoms with E-state index in [0.717, 1.165) is 12.8 Å². The van der Waals surface area contributed by atoms with Crippen molar-refractivity contribution in [3.63, 3.8) is 0 Å². The van der Waals surface area contributed by atoms with Gasteiger partial charge in [-0.3, -0.25) is 0 Å². The van der Waals surface area contributed by atoms with Gasteiger partial charge in [0, 0.05) is 5.57 Å². The molecule has 0 aromatic heterocycles. The molecule has 0 aromatic carbocycles. The third-order valence-corrected chi connectivity index (χ3v) is 4.92. The average molecular weight is 312 g/mol. The van der Waals surface area contributed by atoms with Gasteiger partial charge >= 0.3 is 5.97 Å². The molecule has 0 saturated carbocycles. The highest BCUT2D eigenvalue weighted by molar-refractivity contribution is 14.1. The summed E-state index contributed by atoms with van der Waals surface area (Å²) in [4.78, 5) is 10.4. The molecule has 0 heterocycles. The Labute approximate surface area is 93.6 Å². The normalized spacial score (nSPS) is 13.1. The maximum absolute atomic E-state index is 10.4. The van der Waals surface area contributed by atoms with E-state index in [1.54, 1.807) is 6.92 Å². The summed E-state index contributed by atoms with van der Waals surface area (Å²) in [5, 5.41) is 8.58. The first-order valence-electron chi connectivity index (χ1n) is 4.42. The maximum Gasteiger partial charge on any atom is 0.330 e. The molecule has 0 unspecified atom stereocenters. The van der Waals surface area contributed by atoms with E-state index in [9.17, 15) is 4.79 Å². The molecule has 0 aromatic rings. The standard InChI is InChI=1S/C9H17IO2Si/c1-8(9(11)12)6-4-5-7-13(2,3)10/h6H,4-5,7H2,1-3H3,(H,11,12). The minimum absolute atomic E-state index is 0.466. The number of unbranched alkanes of at least 4 members (excludes halogenated alkanes) is 1. The molecule has 0 amide bonds. The first kappa shape index (κ1) is 13.2. The quantitative estimate of drug-likeness (QED) is 0.278. The molecule has 13 heavy (non-hydrogen) atoms. The van der Waals surface area contributed by atoms with E-state index in [-0.39, 0.29) is 0 Å². The number of allylic oxidation sites excluding steroid dienone is 1. The van der Waals surface area contributed by atoms with Crippen LogP contribution in [0.25, 0.3) is 0 Å². The molecule has 4 heteroatoms. The second-order valence-electron chi connectivity index (χ2n) is 3.80. The molecular formula is C9H17IO2Si. The summed E-state index contributed by atoms with van der Waals surface area (Å²) in [5.74, 6) is -0.800. The summed E-state index contributed by atoms with van der Waals surface area (Å²) >= 11 is 2.55. The molecule has 0 bridgehead atoms. The van der Waals surface area contributed by atoms with E-state index in [2.05, 4.69) is 34.9 Å². The Bertz CT molecular complexity index is 206. The third-order valence-electron chi connectivity index (χ3n) is 1.76. The number of carbonyl (C=O) groups is 1. The smallest absolute Gasteiger partial charge is 0.330 e. The lowest BCUT2D eigenvalue weighted by Gasteiger charge is -2.11. The number of carboxylic acid groups (broad SMARTS) is 1. The summed E-state index contributed by atoms with van der Waals surface area (Å²) in [5.41, 5.74) is -0.497. The van der Waals surface area contributed by atoms with E-state index in [1.807, 2.05) is 6.08 Å². The molecule has 0 aliphatic heterocycles. The Morgan fingerprint density at radius 2 is 2.08 bits per heavy atom. The molecule has 0 fully saturated rings. The van der Waals surface area contributed by atoms with Crippen LogP contribution in [0.1, 0.15) is 19.8 Å². The van der Waals surface area contributed by atoms with Gasteiger partial charge in [0.05, 0.1) is 0 Å². The third kappa shape index (κ3) is 8.49. The second kappa shape index (κ2) is 5.80. The van der Waals surface area contributed by atoms with Crippen molar-refractivity contribution in [3.8, 4) is 0 Å². The van der Waals surface area contributed by atoms with Crippen molar-refractivity contribution in [1.29, 1.82) is 0 Å². The molecule has 0 rings (SSSR count). The Kier molecular flexibility index (Phi) is 5.87. The van der Waals surface area contributed by atoms with Gasteiger partial charge in [0.15, 0.2) is 0 Å². The van der Waals surface area contributed by atoms with Crippen molar-refractivity contribution in [2.24, 2.45) is 0 Å². The molecule has 0 saturated heterocycles. The predicted molar refractivity (Wildman–Crippen MR) is 66.9 cm³/mol. The first-order chi connectivity index (χ1) is 5.83. The van der Waals surface area contributed by atoms with Crippen LogP contribution in [0.15, 0.2) is 11.6 Å². The number of aliphatic carboxylic acids is 1. The Morgan fingerprint density at radius 3 is 2.46 bits per heavy atom. The summed E-state index contributed by atoms with van der Waals surface area (Å²) in [6.07, 6.45) is 3.84. The van der Waals surface area contributed by atoms with Crippen LogP contribution in [0.2, 0.25) is 19.1 Å². The average Bonchev–Trinajstić information content (AvgIpc) is 1.95. The van der Waals surface area contributed by atoms with E-state index < -0.39 is 11.5 Å². The fraction of sp³-hybridized carbons (Fsp3) is 0.667. The van der Waals surface area contributed by atoms with Gasteiger partial charge in [0.2, 0.25) is 0 Å². The van der Waals surface area contributed by atoms with E-state index in [0.29, 0.717) is 5.57 Å². The lowest BCUT2D eigenvalue weighted by atomic mass is 10.2. The largest absolute Gasteiger partial charge is 0.478 e. The van der Waals surface area contributed by atoms with Crippen LogP contribution in [0, 0.1) is 0 Å². The summed E-state index contributed by atoms with van der Waals surface area (Å²) in [6.45, 7) is 6.29. The number of halogens is 1. The van der Waals surface area contributed by atoms with Crippen LogP contribution >= 0.6 is 21.8 Å². The van der Waals surface area contributed by atoms with Gasteiger partial charge in [0.25, 0.3) is 0 Å². The lowest BCUT2D eigenvalue weighted by molar-refractivity contribution is -0.132. The number of carboxylic acids is 1. The van der Waals surface area contributed by atoms with Crippen molar-refractivity contribution in [3.05, 3.63) is 11.6 Å². The molecule has 0 aliphatic carbocycles. The van der Waals surface area contributed by atoms with Gasteiger partial charge in [-0.2, -0.15) is 0 Å². The predicted octanol–water partition coefficient (Wildman–Crippen LogP) is 3.44. The fourth-order valence-electron chi connectivity index (χ4n) is 0.928. The summed E-state index contributed by atoms with van der Waals surface area (Å²) in [7, 11) is 0. The zero-order chi connectivity index (χ0) is 10.5. The number of rotatable bonds is 5. The van der Waals surface area contributed by atoms with Gasteiger partial charge in [-0.15, -0.1) is 21.8 Å². The summed E-state index contributed by atoms with van der Waals surface area (Å²) in [6, 6.07) is 1.26. The highest BCUT2D eigenvalue weighted by Gasteiger charge is 2.14. The molecule has 0 radical (unpaired) electrons. The second-order valence-corrected chi connectivity index (χ2v) is 16.5. The molecule has 0 spiro atoms. The fourth-order valence-corrected chi connectivity index (χ4v) is 3.12. The van der Waals surface area contributed by atoms with Gasteiger partial charge in [-0.05, 0) is 19.4 Å². The van der Waals surface area contributed by atoms with E-state index in [4.69, 9.17) is 5.11 Å². The van der Waals surface area contributed by atoms with Crippen LogP contribution in [-0.2, 0) is 4.79 Å². The molecule has 0 atom stereocenters. The van der Waals surface area contributed by atoms with Gasteiger partial charge in [0.1, 0.15) is 5.57 Å². The molecule has 2 nitrogen and oxygen atoms in total. The summed E-state index contributed by atoms with van der Waals surface area (Å²) < 4.78 is 0. The van der Waals surface area contributed by atoms with E-state index >= 15 is 0 Å². The van der Waals surface area contributed by atoms with Gasteiger partial charge in [-0.25, -0.2) is 4.79 Å². The number of hydrogen-bond donors (Lipinski definition) is 1. The van der Waals surface area contributed by atoms with Gasteiger partial charge in [-0.1, -0.05) is 25.6 Å². The van der Waals surface area contributed by atoms with Crippen LogP contribution < -0.4 is 0 Å². The zero-order valence-corrected chi connectivity index (χ0v) is 11.6.